The van der Waals surface area contributed by atoms with Crippen LogP contribution in [0.1, 0.15) is 30.1 Å². The normalized spacial score (nSPS) is 10.3. The first-order valence-electron chi connectivity index (χ1n) is 5.10. The van der Waals surface area contributed by atoms with E-state index in [0.29, 0.717) is 12.2 Å². The number of hydrogen-bond donors (Lipinski definition) is 0. The Kier molecular flexibility index (Phi) is 4.98. The maximum Gasteiger partial charge on any atom is 0.188 e. The number of rotatable bonds is 6. The Balaban J connectivity index is 2.40. The molecule has 0 bridgehead atoms. The molecule has 0 aliphatic heterocycles. The number of carbonyl (C=O) groups is 1. The molecule has 0 saturated carbocycles. The van der Waals surface area contributed by atoms with E-state index in [9.17, 15) is 9.18 Å². The van der Waals surface area contributed by atoms with Crippen LogP contribution in [0.25, 0.3) is 0 Å². The van der Waals surface area contributed by atoms with E-state index in [1.54, 1.807) is 6.07 Å². The summed E-state index contributed by atoms with van der Waals surface area (Å²) >= 11 is 0. The molecule has 15 heavy (non-hydrogen) atoms. The number of unbranched alkanes of at least 4 members (excludes halogenated alkanes) is 1. The van der Waals surface area contributed by atoms with E-state index in [1.807, 2.05) is 0 Å². The lowest BCUT2D eigenvalue weighted by atomic mass is 10.1. The maximum absolute atomic E-state index is 12.8. The second-order valence-electron chi connectivity index (χ2n) is 3.34. The zero-order valence-corrected chi connectivity index (χ0v) is 8.83. The Hall–Kier alpha value is -1.22. The van der Waals surface area contributed by atoms with Gasteiger partial charge in [-0.1, -0.05) is 25.5 Å². The van der Waals surface area contributed by atoms with Gasteiger partial charge in [0.1, 0.15) is 12.4 Å². The average molecular weight is 210 g/mol. The molecule has 0 fully saturated rings. The Labute approximate surface area is 89.1 Å². The maximum atomic E-state index is 12.8. The van der Waals surface area contributed by atoms with Crippen molar-refractivity contribution in [3.63, 3.8) is 0 Å². The molecule has 82 valence electrons. The van der Waals surface area contributed by atoms with E-state index in [4.69, 9.17) is 4.74 Å². The fourth-order valence-electron chi connectivity index (χ4n) is 1.16. The quantitative estimate of drug-likeness (QED) is 0.533. The molecule has 0 aliphatic rings. The highest BCUT2D eigenvalue weighted by molar-refractivity contribution is 5.97. The monoisotopic (exact) mass is 210 g/mol. The second-order valence-corrected chi connectivity index (χ2v) is 3.34. The summed E-state index contributed by atoms with van der Waals surface area (Å²) < 4.78 is 17.9. The zero-order valence-electron chi connectivity index (χ0n) is 8.83. The number of ether oxygens (including phenoxy) is 1. The van der Waals surface area contributed by atoms with Gasteiger partial charge in [0.2, 0.25) is 0 Å². The topological polar surface area (TPSA) is 26.3 Å². The molecule has 0 saturated heterocycles. The number of carbonyl (C=O) groups excluding carboxylic acids is 1. The lowest BCUT2D eigenvalue weighted by Crippen LogP contribution is -2.09. The fourth-order valence-corrected chi connectivity index (χ4v) is 1.16. The molecule has 2 nitrogen and oxygen atoms in total. The van der Waals surface area contributed by atoms with Crippen molar-refractivity contribution in [3.05, 3.63) is 35.6 Å². The summed E-state index contributed by atoms with van der Waals surface area (Å²) in [6, 6.07) is 5.66. The molecule has 0 aromatic heterocycles. The molecule has 1 rings (SSSR count). The van der Waals surface area contributed by atoms with Gasteiger partial charge in [0.15, 0.2) is 5.78 Å². The summed E-state index contributed by atoms with van der Waals surface area (Å²) in [5.41, 5.74) is 0.367. The lowest BCUT2D eigenvalue weighted by Gasteiger charge is -2.02. The largest absolute Gasteiger partial charge is 0.373 e. The minimum absolute atomic E-state index is 0.0312. The number of halogens is 1. The van der Waals surface area contributed by atoms with E-state index in [-0.39, 0.29) is 12.4 Å². The summed E-state index contributed by atoms with van der Waals surface area (Å²) in [6.07, 6.45) is 1.98. The zero-order chi connectivity index (χ0) is 11.1. The molecule has 3 heteroatoms. The van der Waals surface area contributed by atoms with E-state index in [1.165, 1.54) is 18.2 Å². The van der Waals surface area contributed by atoms with Crippen molar-refractivity contribution in [2.75, 3.05) is 13.2 Å². The van der Waals surface area contributed by atoms with Crippen molar-refractivity contribution in [1.29, 1.82) is 0 Å². The van der Waals surface area contributed by atoms with Crippen molar-refractivity contribution in [1.82, 2.24) is 0 Å². The van der Waals surface area contributed by atoms with Crippen molar-refractivity contribution in [2.24, 2.45) is 0 Å². The van der Waals surface area contributed by atoms with Crippen LogP contribution >= 0.6 is 0 Å². The van der Waals surface area contributed by atoms with Crippen LogP contribution in [0.15, 0.2) is 24.3 Å². The van der Waals surface area contributed by atoms with Gasteiger partial charge in [-0.05, 0) is 18.6 Å². The highest BCUT2D eigenvalue weighted by Crippen LogP contribution is 2.04. The molecule has 0 spiro atoms. The minimum Gasteiger partial charge on any atom is -0.373 e. The molecule has 0 heterocycles. The number of ketones is 1. The lowest BCUT2D eigenvalue weighted by molar-refractivity contribution is 0.0754. The smallest absolute Gasteiger partial charge is 0.188 e. The first kappa shape index (κ1) is 11.9. The second kappa shape index (κ2) is 6.30. The highest BCUT2D eigenvalue weighted by atomic mass is 19.1. The van der Waals surface area contributed by atoms with Crippen molar-refractivity contribution in [2.45, 2.75) is 19.8 Å². The standard InChI is InChI=1S/C12H15FO2/c1-2-3-7-15-9-12(14)10-5-4-6-11(13)8-10/h4-6,8H,2-3,7,9H2,1H3. The van der Waals surface area contributed by atoms with E-state index < -0.39 is 5.82 Å². The first-order valence-corrected chi connectivity index (χ1v) is 5.10. The van der Waals surface area contributed by atoms with Gasteiger partial charge in [0.05, 0.1) is 0 Å². The van der Waals surface area contributed by atoms with Crippen molar-refractivity contribution < 1.29 is 13.9 Å². The third-order valence-corrected chi connectivity index (χ3v) is 2.02. The molecule has 0 unspecified atom stereocenters. The SMILES string of the molecule is CCCCOCC(=O)c1cccc(F)c1. The van der Waals surface area contributed by atoms with E-state index >= 15 is 0 Å². The molecular formula is C12H15FO2. The predicted molar refractivity (Wildman–Crippen MR) is 56.5 cm³/mol. The van der Waals surface area contributed by atoms with Gasteiger partial charge in [-0.25, -0.2) is 4.39 Å². The fraction of sp³-hybridized carbons (Fsp3) is 0.417. The minimum atomic E-state index is -0.394. The van der Waals surface area contributed by atoms with Gasteiger partial charge < -0.3 is 4.74 Å². The number of hydrogen-bond acceptors (Lipinski definition) is 2. The van der Waals surface area contributed by atoms with Crippen LogP contribution in [-0.2, 0) is 4.74 Å². The van der Waals surface area contributed by atoms with Crippen LogP contribution in [0, 0.1) is 5.82 Å². The molecule has 0 aliphatic carbocycles. The average Bonchev–Trinajstić information content (AvgIpc) is 2.24. The summed E-state index contributed by atoms with van der Waals surface area (Å²) in [5, 5.41) is 0. The van der Waals surface area contributed by atoms with Crippen molar-refractivity contribution in [3.8, 4) is 0 Å². The van der Waals surface area contributed by atoms with Crippen LogP contribution in [0.2, 0.25) is 0 Å². The van der Waals surface area contributed by atoms with Gasteiger partial charge in [-0.3, -0.25) is 4.79 Å². The predicted octanol–water partition coefficient (Wildman–Crippen LogP) is 2.83. The van der Waals surface area contributed by atoms with Crippen LogP contribution < -0.4 is 0 Å². The van der Waals surface area contributed by atoms with Gasteiger partial charge in [0, 0.05) is 12.2 Å². The van der Waals surface area contributed by atoms with E-state index in [0.717, 1.165) is 12.8 Å². The molecule has 0 atom stereocenters. The Bertz CT molecular complexity index is 323. The van der Waals surface area contributed by atoms with Crippen molar-refractivity contribution >= 4 is 5.78 Å². The third-order valence-electron chi connectivity index (χ3n) is 2.02. The molecular weight excluding hydrogens is 195 g/mol. The van der Waals surface area contributed by atoms with Gasteiger partial charge in [0.25, 0.3) is 0 Å². The Morgan fingerprint density at radius 1 is 1.47 bits per heavy atom. The highest BCUT2D eigenvalue weighted by Gasteiger charge is 2.06. The van der Waals surface area contributed by atoms with Gasteiger partial charge in [-0.2, -0.15) is 0 Å². The molecule has 0 amide bonds. The van der Waals surface area contributed by atoms with Crippen LogP contribution in [-0.4, -0.2) is 19.0 Å². The summed E-state index contributed by atoms with van der Waals surface area (Å²) in [5.74, 6) is -0.569. The number of benzene rings is 1. The summed E-state index contributed by atoms with van der Waals surface area (Å²) in [4.78, 5) is 11.5. The summed E-state index contributed by atoms with van der Waals surface area (Å²) in [7, 11) is 0. The van der Waals surface area contributed by atoms with Crippen LogP contribution in [0.3, 0.4) is 0 Å². The number of Topliss-reactive ketones (excluding diaryl/α,β-unsaturated/α-hetero) is 1. The van der Waals surface area contributed by atoms with Gasteiger partial charge >= 0.3 is 0 Å². The van der Waals surface area contributed by atoms with Gasteiger partial charge in [-0.15, -0.1) is 0 Å². The molecule has 1 aromatic rings. The Morgan fingerprint density at radius 3 is 2.93 bits per heavy atom. The summed E-state index contributed by atoms with van der Waals surface area (Å²) in [6.45, 7) is 2.67. The molecule has 0 radical (unpaired) electrons. The molecule has 1 aromatic carbocycles. The Morgan fingerprint density at radius 2 is 2.27 bits per heavy atom. The molecule has 0 N–H and O–H groups in total. The van der Waals surface area contributed by atoms with Crippen LogP contribution in [0.5, 0.6) is 0 Å². The van der Waals surface area contributed by atoms with Crippen LogP contribution in [0.4, 0.5) is 4.39 Å². The first-order chi connectivity index (χ1) is 7.24. The van der Waals surface area contributed by atoms with E-state index in [2.05, 4.69) is 6.92 Å². The third kappa shape index (κ3) is 4.21.